The third-order valence-corrected chi connectivity index (χ3v) is 1.32. The van der Waals surface area contributed by atoms with Crippen LogP contribution in [-0.2, 0) is 0 Å². The molecule has 0 aromatic rings. The van der Waals surface area contributed by atoms with Crippen LogP contribution in [0.3, 0.4) is 0 Å². The van der Waals surface area contributed by atoms with Gasteiger partial charge >= 0.3 is 0 Å². The van der Waals surface area contributed by atoms with Crippen LogP contribution in [0.15, 0.2) is 16.9 Å². The van der Waals surface area contributed by atoms with Gasteiger partial charge in [-0.15, -0.1) is 0 Å². The van der Waals surface area contributed by atoms with E-state index in [9.17, 15) is 0 Å². The number of aliphatic imine (C=N–C) groups is 1. The molecule has 0 aromatic heterocycles. The first-order valence-electron chi connectivity index (χ1n) is 3.89. The van der Waals surface area contributed by atoms with Crippen molar-refractivity contribution in [3.63, 3.8) is 0 Å². The first-order valence-corrected chi connectivity index (χ1v) is 3.89. The second kappa shape index (κ2) is 4.16. The Balaban J connectivity index is 4.48. The number of hydrogen-bond acceptors (Lipinski definition) is 2. The molecule has 0 aliphatic heterocycles. The SMILES string of the molecule is CC=N/C(=C\NC)C(C)(C)C. The summed E-state index contributed by atoms with van der Waals surface area (Å²) in [5, 5.41) is 2.98. The minimum Gasteiger partial charge on any atom is -0.392 e. The van der Waals surface area contributed by atoms with Crippen molar-refractivity contribution in [2.75, 3.05) is 7.05 Å². The van der Waals surface area contributed by atoms with E-state index in [-0.39, 0.29) is 5.41 Å². The van der Waals surface area contributed by atoms with Crippen LogP contribution in [0.1, 0.15) is 27.7 Å². The quantitative estimate of drug-likeness (QED) is 0.606. The van der Waals surface area contributed by atoms with Gasteiger partial charge in [0, 0.05) is 24.9 Å². The molecule has 0 rings (SSSR count). The van der Waals surface area contributed by atoms with Crippen molar-refractivity contribution < 1.29 is 0 Å². The molecule has 0 aliphatic rings. The normalized spacial score (nSPS) is 14.1. The lowest BCUT2D eigenvalue weighted by atomic mass is 9.93. The molecule has 0 spiro atoms. The fourth-order valence-electron chi connectivity index (χ4n) is 0.723. The van der Waals surface area contributed by atoms with E-state index >= 15 is 0 Å². The van der Waals surface area contributed by atoms with E-state index in [1.807, 2.05) is 26.4 Å². The molecular formula is C9H18N2. The predicted molar refractivity (Wildman–Crippen MR) is 50.8 cm³/mol. The molecule has 0 fully saturated rings. The summed E-state index contributed by atoms with van der Waals surface area (Å²) in [7, 11) is 1.89. The average Bonchev–Trinajstić information content (AvgIpc) is 1.85. The number of hydrogen-bond donors (Lipinski definition) is 1. The van der Waals surface area contributed by atoms with Crippen molar-refractivity contribution in [3.05, 3.63) is 11.9 Å². The fraction of sp³-hybridized carbons (Fsp3) is 0.667. The van der Waals surface area contributed by atoms with Crippen molar-refractivity contribution in [2.45, 2.75) is 27.7 Å². The zero-order valence-corrected chi connectivity index (χ0v) is 8.10. The van der Waals surface area contributed by atoms with Gasteiger partial charge in [-0.2, -0.15) is 0 Å². The van der Waals surface area contributed by atoms with E-state index in [2.05, 4.69) is 31.1 Å². The van der Waals surface area contributed by atoms with Crippen molar-refractivity contribution in [3.8, 4) is 0 Å². The van der Waals surface area contributed by atoms with Crippen LogP contribution in [0.4, 0.5) is 0 Å². The van der Waals surface area contributed by atoms with E-state index in [0.29, 0.717) is 0 Å². The Hall–Kier alpha value is -0.790. The van der Waals surface area contributed by atoms with E-state index < -0.39 is 0 Å². The first kappa shape index (κ1) is 10.2. The van der Waals surface area contributed by atoms with E-state index in [1.165, 1.54) is 0 Å². The van der Waals surface area contributed by atoms with Crippen LogP contribution in [-0.4, -0.2) is 13.3 Å². The van der Waals surface area contributed by atoms with Gasteiger partial charge in [-0.3, -0.25) is 4.99 Å². The van der Waals surface area contributed by atoms with Crippen LogP contribution in [0.2, 0.25) is 0 Å². The zero-order chi connectivity index (χ0) is 8.91. The van der Waals surface area contributed by atoms with Crippen molar-refractivity contribution in [2.24, 2.45) is 10.4 Å². The van der Waals surface area contributed by atoms with E-state index in [1.54, 1.807) is 0 Å². The summed E-state index contributed by atoms with van der Waals surface area (Å²) in [4.78, 5) is 4.26. The molecule has 0 unspecified atom stereocenters. The molecule has 0 heterocycles. The monoisotopic (exact) mass is 154 g/mol. The maximum atomic E-state index is 4.26. The van der Waals surface area contributed by atoms with Crippen LogP contribution in [0.25, 0.3) is 0 Å². The van der Waals surface area contributed by atoms with Gasteiger partial charge in [0.25, 0.3) is 0 Å². The summed E-state index contributed by atoms with van der Waals surface area (Å²) in [6.45, 7) is 8.35. The number of rotatable bonds is 2. The van der Waals surface area contributed by atoms with E-state index in [4.69, 9.17) is 0 Å². The highest BCUT2D eigenvalue weighted by Gasteiger charge is 2.15. The summed E-state index contributed by atoms with van der Waals surface area (Å²) in [5.41, 5.74) is 1.19. The lowest BCUT2D eigenvalue weighted by Crippen LogP contribution is -2.10. The van der Waals surface area contributed by atoms with Gasteiger partial charge in [0.05, 0.1) is 5.70 Å². The summed E-state index contributed by atoms with van der Waals surface area (Å²) < 4.78 is 0. The Kier molecular flexibility index (Phi) is 3.86. The standard InChI is InChI=1S/C9H18N2/c1-6-11-8(7-10-5)9(2,3)4/h6-7,10H,1-5H3/b8-7-,11-6?. The van der Waals surface area contributed by atoms with Crippen LogP contribution in [0.5, 0.6) is 0 Å². The van der Waals surface area contributed by atoms with Crippen molar-refractivity contribution in [1.29, 1.82) is 0 Å². The maximum absolute atomic E-state index is 4.26. The molecule has 64 valence electrons. The highest BCUT2D eigenvalue weighted by molar-refractivity contribution is 5.55. The third-order valence-electron chi connectivity index (χ3n) is 1.32. The molecule has 11 heavy (non-hydrogen) atoms. The molecule has 0 aliphatic carbocycles. The van der Waals surface area contributed by atoms with Gasteiger partial charge in [0.15, 0.2) is 0 Å². The van der Waals surface area contributed by atoms with Gasteiger partial charge in [-0.1, -0.05) is 20.8 Å². The second-order valence-electron chi connectivity index (χ2n) is 3.46. The van der Waals surface area contributed by atoms with Crippen LogP contribution in [0, 0.1) is 5.41 Å². The predicted octanol–water partition coefficient (Wildman–Crippen LogP) is 2.18. The number of nitrogens with zero attached hydrogens (tertiary/aromatic N) is 1. The molecule has 0 amide bonds. The maximum Gasteiger partial charge on any atom is 0.0609 e. The highest BCUT2D eigenvalue weighted by Crippen LogP contribution is 2.24. The summed E-state index contributed by atoms with van der Waals surface area (Å²) >= 11 is 0. The second-order valence-corrected chi connectivity index (χ2v) is 3.46. The topological polar surface area (TPSA) is 24.4 Å². The fourth-order valence-corrected chi connectivity index (χ4v) is 0.723. The highest BCUT2D eigenvalue weighted by atomic mass is 14.8. The van der Waals surface area contributed by atoms with Crippen LogP contribution >= 0.6 is 0 Å². The Morgan fingerprint density at radius 2 is 1.91 bits per heavy atom. The molecule has 0 radical (unpaired) electrons. The first-order chi connectivity index (χ1) is 5.02. The van der Waals surface area contributed by atoms with Gasteiger partial charge in [0.1, 0.15) is 0 Å². The Labute approximate surface area is 69.4 Å². The minimum absolute atomic E-state index is 0.121. The van der Waals surface area contributed by atoms with E-state index in [0.717, 1.165) is 5.70 Å². The van der Waals surface area contributed by atoms with Gasteiger partial charge in [0.2, 0.25) is 0 Å². The number of nitrogens with one attached hydrogen (secondary N) is 1. The molecule has 0 saturated heterocycles. The van der Waals surface area contributed by atoms with Gasteiger partial charge in [-0.25, -0.2) is 0 Å². The average molecular weight is 154 g/mol. The Morgan fingerprint density at radius 3 is 2.18 bits per heavy atom. The minimum atomic E-state index is 0.121. The molecule has 0 bridgehead atoms. The smallest absolute Gasteiger partial charge is 0.0609 e. The molecule has 2 heteroatoms. The molecule has 1 N–H and O–H groups in total. The molecular weight excluding hydrogens is 136 g/mol. The van der Waals surface area contributed by atoms with Crippen LogP contribution < -0.4 is 5.32 Å². The summed E-state index contributed by atoms with van der Waals surface area (Å²) in [5.74, 6) is 0. The molecule has 2 nitrogen and oxygen atoms in total. The third kappa shape index (κ3) is 3.81. The summed E-state index contributed by atoms with van der Waals surface area (Å²) in [6.07, 6.45) is 3.74. The lowest BCUT2D eigenvalue weighted by Gasteiger charge is -2.18. The molecule has 0 aromatic carbocycles. The van der Waals surface area contributed by atoms with Gasteiger partial charge < -0.3 is 5.32 Å². The summed E-state index contributed by atoms with van der Waals surface area (Å²) in [6, 6.07) is 0. The van der Waals surface area contributed by atoms with Crippen molar-refractivity contribution in [1.82, 2.24) is 5.32 Å². The lowest BCUT2D eigenvalue weighted by molar-refractivity contribution is 0.495. The molecule has 0 atom stereocenters. The zero-order valence-electron chi connectivity index (χ0n) is 8.10. The molecule has 0 saturated carbocycles. The Morgan fingerprint density at radius 1 is 1.36 bits per heavy atom. The van der Waals surface area contributed by atoms with Crippen molar-refractivity contribution >= 4 is 6.21 Å². The van der Waals surface area contributed by atoms with Gasteiger partial charge in [-0.05, 0) is 6.92 Å². The largest absolute Gasteiger partial charge is 0.392 e. The Bertz CT molecular complexity index is 161. The number of allylic oxidation sites excluding steroid dienone is 1.